The third kappa shape index (κ3) is 1.47. The molecule has 2 aromatic rings. The van der Waals surface area contributed by atoms with Gasteiger partial charge in [0, 0.05) is 30.4 Å². The van der Waals surface area contributed by atoms with Crippen molar-refractivity contribution >= 4 is 22.2 Å². The van der Waals surface area contributed by atoms with Crippen molar-refractivity contribution in [3.63, 3.8) is 0 Å². The minimum atomic E-state index is 0.842. The van der Waals surface area contributed by atoms with Crippen molar-refractivity contribution in [1.29, 1.82) is 0 Å². The molecule has 0 bridgehead atoms. The van der Waals surface area contributed by atoms with Crippen LogP contribution in [0.2, 0.25) is 0 Å². The predicted molar refractivity (Wildman–Crippen MR) is 62.9 cm³/mol. The molecule has 76 valence electrons. The molecule has 0 saturated heterocycles. The fourth-order valence-electron chi connectivity index (χ4n) is 1.92. The number of nitrogen functional groups attached to an aromatic ring is 1. The van der Waals surface area contributed by atoms with Gasteiger partial charge in [-0.1, -0.05) is 6.07 Å². The van der Waals surface area contributed by atoms with Crippen LogP contribution in [-0.2, 0) is 13.1 Å². The first-order valence-electron chi connectivity index (χ1n) is 4.84. The second-order valence-corrected chi connectivity index (χ2v) is 4.57. The summed E-state index contributed by atoms with van der Waals surface area (Å²) < 4.78 is 0. The van der Waals surface area contributed by atoms with Gasteiger partial charge in [0.25, 0.3) is 0 Å². The Labute approximate surface area is 92.2 Å². The van der Waals surface area contributed by atoms with E-state index in [1.165, 1.54) is 11.1 Å². The van der Waals surface area contributed by atoms with Crippen LogP contribution < -0.4 is 10.6 Å². The molecule has 0 aliphatic carbocycles. The van der Waals surface area contributed by atoms with Gasteiger partial charge < -0.3 is 10.6 Å². The quantitative estimate of drug-likeness (QED) is 0.745. The van der Waals surface area contributed by atoms with Gasteiger partial charge in [-0.05, 0) is 23.3 Å². The van der Waals surface area contributed by atoms with Crippen molar-refractivity contribution in [3.05, 3.63) is 40.9 Å². The maximum absolute atomic E-state index is 5.76. The Balaban J connectivity index is 1.92. The van der Waals surface area contributed by atoms with Gasteiger partial charge in [-0.3, -0.25) is 0 Å². The normalized spacial score (nSPS) is 14.3. The third-order valence-electron chi connectivity index (χ3n) is 2.64. The SMILES string of the molecule is Nc1ccc2c(c1)CN(c1nccs1)C2. The number of anilines is 2. The lowest BCUT2D eigenvalue weighted by Gasteiger charge is -2.12. The number of aromatic nitrogens is 1. The molecule has 15 heavy (non-hydrogen) atoms. The largest absolute Gasteiger partial charge is 0.399 e. The Kier molecular flexibility index (Phi) is 1.89. The summed E-state index contributed by atoms with van der Waals surface area (Å²) in [4.78, 5) is 6.59. The summed E-state index contributed by atoms with van der Waals surface area (Å²) >= 11 is 1.68. The Morgan fingerprint density at radius 3 is 2.93 bits per heavy atom. The number of fused-ring (bicyclic) bond motifs is 1. The lowest BCUT2D eigenvalue weighted by molar-refractivity contribution is 0.873. The number of hydrogen-bond acceptors (Lipinski definition) is 4. The van der Waals surface area contributed by atoms with Gasteiger partial charge in [-0.15, -0.1) is 11.3 Å². The predicted octanol–water partition coefficient (Wildman–Crippen LogP) is 2.25. The van der Waals surface area contributed by atoms with Crippen LogP contribution in [0, 0.1) is 0 Å². The second kappa shape index (κ2) is 3.24. The molecule has 3 rings (SSSR count). The Hall–Kier alpha value is -1.55. The van der Waals surface area contributed by atoms with Crippen LogP contribution >= 0.6 is 11.3 Å². The van der Waals surface area contributed by atoms with E-state index in [4.69, 9.17) is 5.73 Å². The van der Waals surface area contributed by atoms with E-state index < -0.39 is 0 Å². The van der Waals surface area contributed by atoms with Crippen LogP contribution in [0.1, 0.15) is 11.1 Å². The second-order valence-electron chi connectivity index (χ2n) is 3.70. The fourth-order valence-corrected chi connectivity index (χ4v) is 2.57. The molecule has 2 N–H and O–H groups in total. The zero-order valence-corrected chi connectivity index (χ0v) is 9.00. The fraction of sp³-hybridized carbons (Fsp3) is 0.182. The smallest absolute Gasteiger partial charge is 0.185 e. The number of hydrogen-bond donors (Lipinski definition) is 1. The van der Waals surface area contributed by atoms with E-state index in [1.807, 2.05) is 17.6 Å². The van der Waals surface area contributed by atoms with Crippen LogP contribution in [-0.4, -0.2) is 4.98 Å². The molecule has 0 spiro atoms. The van der Waals surface area contributed by atoms with Crippen LogP contribution in [0.15, 0.2) is 29.8 Å². The van der Waals surface area contributed by atoms with Gasteiger partial charge in [0.2, 0.25) is 0 Å². The number of nitrogens with two attached hydrogens (primary N) is 1. The highest BCUT2D eigenvalue weighted by molar-refractivity contribution is 7.13. The summed E-state index contributed by atoms with van der Waals surface area (Å²) in [7, 11) is 0. The standard InChI is InChI=1S/C11H11N3S/c12-10-2-1-8-6-14(7-9(8)5-10)11-13-3-4-15-11/h1-5H,6-7,12H2. The number of benzene rings is 1. The minimum Gasteiger partial charge on any atom is -0.399 e. The zero-order chi connectivity index (χ0) is 10.3. The zero-order valence-electron chi connectivity index (χ0n) is 8.18. The molecule has 1 aromatic carbocycles. The summed E-state index contributed by atoms with van der Waals surface area (Å²) in [6, 6.07) is 6.13. The van der Waals surface area contributed by atoms with E-state index in [0.29, 0.717) is 0 Å². The molecule has 1 aromatic heterocycles. The summed E-state index contributed by atoms with van der Waals surface area (Å²) in [5.41, 5.74) is 9.29. The summed E-state index contributed by atoms with van der Waals surface area (Å²) in [5.74, 6) is 0. The van der Waals surface area contributed by atoms with E-state index in [9.17, 15) is 0 Å². The van der Waals surface area contributed by atoms with Gasteiger partial charge >= 0.3 is 0 Å². The molecule has 3 nitrogen and oxygen atoms in total. The van der Waals surface area contributed by atoms with Gasteiger partial charge in [0.05, 0.1) is 0 Å². The highest BCUT2D eigenvalue weighted by atomic mass is 32.1. The molecule has 4 heteroatoms. The van der Waals surface area contributed by atoms with Crippen molar-refractivity contribution < 1.29 is 0 Å². The average Bonchev–Trinajstić information content (AvgIpc) is 2.84. The topological polar surface area (TPSA) is 42.1 Å². The molecule has 0 fully saturated rings. The molecule has 0 unspecified atom stereocenters. The average molecular weight is 217 g/mol. The van der Waals surface area contributed by atoms with Gasteiger partial charge in [-0.25, -0.2) is 4.98 Å². The first kappa shape index (κ1) is 8.73. The van der Waals surface area contributed by atoms with E-state index in [2.05, 4.69) is 22.0 Å². The van der Waals surface area contributed by atoms with Gasteiger partial charge in [0.1, 0.15) is 0 Å². The molecule has 0 saturated carbocycles. The van der Waals surface area contributed by atoms with Gasteiger partial charge in [-0.2, -0.15) is 0 Å². The van der Waals surface area contributed by atoms with Gasteiger partial charge in [0.15, 0.2) is 5.13 Å². The number of nitrogens with zero attached hydrogens (tertiary/aromatic N) is 2. The summed E-state index contributed by atoms with van der Waals surface area (Å²) in [6.07, 6.45) is 1.84. The van der Waals surface area contributed by atoms with Crippen molar-refractivity contribution in [2.24, 2.45) is 0 Å². The monoisotopic (exact) mass is 217 g/mol. The van der Waals surface area contributed by atoms with Crippen LogP contribution in [0.25, 0.3) is 0 Å². The maximum Gasteiger partial charge on any atom is 0.185 e. The molecule has 2 heterocycles. The Bertz CT molecular complexity index is 479. The van der Waals surface area contributed by atoms with Crippen molar-refractivity contribution in [2.45, 2.75) is 13.1 Å². The first-order valence-corrected chi connectivity index (χ1v) is 5.72. The lowest BCUT2D eigenvalue weighted by atomic mass is 10.1. The third-order valence-corrected chi connectivity index (χ3v) is 3.47. The molecule has 1 aliphatic heterocycles. The molecule has 1 aliphatic rings. The highest BCUT2D eigenvalue weighted by Crippen LogP contribution is 2.30. The molecule has 0 amide bonds. The lowest BCUT2D eigenvalue weighted by Crippen LogP contribution is -2.13. The molecule has 0 atom stereocenters. The van der Waals surface area contributed by atoms with Crippen LogP contribution in [0.4, 0.5) is 10.8 Å². The summed E-state index contributed by atoms with van der Waals surface area (Å²) in [6.45, 7) is 1.87. The Morgan fingerprint density at radius 1 is 1.27 bits per heavy atom. The maximum atomic E-state index is 5.76. The highest BCUT2D eigenvalue weighted by Gasteiger charge is 2.20. The molecule has 0 radical (unpaired) electrons. The number of rotatable bonds is 1. The van der Waals surface area contributed by atoms with E-state index in [-0.39, 0.29) is 0 Å². The van der Waals surface area contributed by atoms with Crippen LogP contribution in [0.3, 0.4) is 0 Å². The summed E-state index contributed by atoms with van der Waals surface area (Å²) in [5, 5.41) is 3.09. The van der Waals surface area contributed by atoms with E-state index in [1.54, 1.807) is 11.3 Å². The van der Waals surface area contributed by atoms with Crippen molar-refractivity contribution in [2.75, 3.05) is 10.6 Å². The molecular formula is C11H11N3S. The van der Waals surface area contributed by atoms with Crippen molar-refractivity contribution in [1.82, 2.24) is 4.98 Å². The Morgan fingerprint density at radius 2 is 2.13 bits per heavy atom. The molecular weight excluding hydrogens is 206 g/mol. The first-order chi connectivity index (χ1) is 7.33. The number of thiazole rings is 1. The van der Waals surface area contributed by atoms with Crippen LogP contribution in [0.5, 0.6) is 0 Å². The van der Waals surface area contributed by atoms with E-state index in [0.717, 1.165) is 23.9 Å². The van der Waals surface area contributed by atoms with E-state index >= 15 is 0 Å². The van der Waals surface area contributed by atoms with Crippen molar-refractivity contribution in [3.8, 4) is 0 Å². The minimum absolute atomic E-state index is 0.842.